The van der Waals surface area contributed by atoms with Gasteiger partial charge in [-0.05, 0) is 50.1 Å². The third-order valence-electron chi connectivity index (χ3n) is 5.91. The van der Waals surface area contributed by atoms with Crippen LogP contribution in [0.1, 0.15) is 59.2 Å². The summed E-state index contributed by atoms with van der Waals surface area (Å²) in [5.41, 5.74) is 1.34. The van der Waals surface area contributed by atoms with Crippen molar-refractivity contribution in [1.82, 2.24) is 4.98 Å². The van der Waals surface area contributed by atoms with Crippen molar-refractivity contribution in [1.29, 1.82) is 0 Å². The van der Waals surface area contributed by atoms with Crippen molar-refractivity contribution in [3.05, 3.63) is 81.9 Å². The van der Waals surface area contributed by atoms with Crippen LogP contribution in [-0.4, -0.2) is 41.0 Å². The second-order valence-electron chi connectivity index (χ2n) is 8.44. The summed E-state index contributed by atoms with van der Waals surface area (Å²) in [5.74, 6) is -1.86. The second kappa shape index (κ2) is 11.4. The van der Waals surface area contributed by atoms with Crippen molar-refractivity contribution in [2.45, 2.75) is 39.7 Å². The maximum absolute atomic E-state index is 13.3. The number of Topliss-reactive ketones (excluding diaryl/α,β-unsaturated/α-hetero) is 1. The molecular formula is C28H28N2O6S. The standard InChI is InChI=1S/C28H28N2O6S/c1-4-6-16-36-20-14-12-19(13-15-20)23(31)21-22(18-10-8-7-9-11-18)30(26(33)24(21)32)28-29-17(3)25(37-28)27(34)35-5-2/h7-15,22,31H,4-6,16H2,1-3H3/b23-21-. The largest absolute Gasteiger partial charge is 0.507 e. The first-order valence-corrected chi connectivity index (χ1v) is 12.9. The van der Waals surface area contributed by atoms with Crippen molar-refractivity contribution >= 4 is 39.9 Å². The average molecular weight is 521 g/mol. The number of aliphatic hydroxyl groups excluding tert-OH is 1. The smallest absolute Gasteiger partial charge is 0.350 e. The van der Waals surface area contributed by atoms with Crippen LogP contribution in [-0.2, 0) is 14.3 Å². The number of ether oxygens (including phenoxy) is 2. The first kappa shape index (κ1) is 26.1. The number of thiazole rings is 1. The number of rotatable bonds is 9. The molecule has 0 radical (unpaired) electrons. The number of aliphatic hydroxyl groups is 1. The highest BCUT2D eigenvalue weighted by atomic mass is 32.1. The zero-order valence-corrected chi connectivity index (χ0v) is 21.7. The van der Waals surface area contributed by atoms with E-state index in [2.05, 4.69) is 11.9 Å². The molecule has 37 heavy (non-hydrogen) atoms. The molecule has 1 N–H and O–H groups in total. The zero-order chi connectivity index (χ0) is 26.5. The van der Waals surface area contributed by atoms with Gasteiger partial charge in [0.2, 0.25) is 0 Å². The molecule has 1 aliphatic rings. The van der Waals surface area contributed by atoms with Crippen LogP contribution < -0.4 is 9.64 Å². The number of amides is 1. The molecule has 2 heterocycles. The molecule has 1 aromatic heterocycles. The summed E-state index contributed by atoms with van der Waals surface area (Å²) in [6.07, 6.45) is 1.94. The number of nitrogens with zero attached hydrogens (tertiary/aromatic N) is 2. The number of aromatic nitrogens is 1. The summed E-state index contributed by atoms with van der Waals surface area (Å²) in [5, 5.41) is 11.5. The van der Waals surface area contributed by atoms with Crippen molar-refractivity contribution in [3.63, 3.8) is 0 Å². The highest BCUT2D eigenvalue weighted by Crippen LogP contribution is 2.44. The Bertz CT molecular complexity index is 1330. The summed E-state index contributed by atoms with van der Waals surface area (Å²) in [4.78, 5) is 44.9. The molecule has 0 aliphatic carbocycles. The first-order valence-electron chi connectivity index (χ1n) is 12.1. The van der Waals surface area contributed by atoms with Crippen LogP contribution in [0.4, 0.5) is 5.13 Å². The lowest BCUT2D eigenvalue weighted by molar-refractivity contribution is -0.132. The number of aryl methyl sites for hydroxylation is 1. The molecule has 1 aliphatic heterocycles. The fourth-order valence-electron chi connectivity index (χ4n) is 4.05. The number of anilines is 1. The Kier molecular flexibility index (Phi) is 8.03. The van der Waals surface area contributed by atoms with E-state index in [1.54, 1.807) is 62.4 Å². The third-order valence-corrected chi connectivity index (χ3v) is 7.04. The molecule has 9 heteroatoms. The number of unbranched alkanes of at least 4 members (excludes halogenated alkanes) is 1. The van der Waals surface area contributed by atoms with E-state index >= 15 is 0 Å². The van der Waals surface area contributed by atoms with Crippen LogP contribution in [0.5, 0.6) is 5.75 Å². The molecule has 8 nitrogen and oxygen atoms in total. The van der Waals surface area contributed by atoms with Gasteiger partial charge in [0, 0.05) is 5.56 Å². The van der Waals surface area contributed by atoms with E-state index in [0.717, 1.165) is 24.2 Å². The van der Waals surface area contributed by atoms with Crippen LogP contribution in [0.15, 0.2) is 60.2 Å². The molecule has 1 atom stereocenters. The van der Waals surface area contributed by atoms with Gasteiger partial charge >= 0.3 is 11.9 Å². The molecule has 192 valence electrons. The number of ketones is 1. The van der Waals surface area contributed by atoms with Gasteiger partial charge in [-0.15, -0.1) is 0 Å². The van der Waals surface area contributed by atoms with Gasteiger partial charge in [0.25, 0.3) is 5.78 Å². The van der Waals surface area contributed by atoms with E-state index in [9.17, 15) is 19.5 Å². The van der Waals surface area contributed by atoms with E-state index in [4.69, 9.17) is 9.47 Å². The van der Waals surface area contributed by atoms with Crippen LogP contribution >= 0.6 is 11.3 Å². The third kappa shape index (κ3) is 5.27. The molecule has 0 saturated carbocycles. The molecule has 3 aromatic rings. The van der Waals surface area contributed by atoms with Gasteiger partial charge < -0.3 is 14.6 Å². The van der Waals surface area contributed by atoms with Gasteiger partial charge in [0.15, 0.2) is 5.13 Å². The van der Waals surface area contributed by atoms with Crippen molar-refractivity contribution < 1.29 is 29.0 Å². The van der Waals surface area contributed by atoms with E-state index in [1.165, 1.54) is 4.90 Å². The van der Waals surface area contributed by atoms with Crippen LogP contribution in [0, 0.1) is 6.92 Å². The quantitative estimate of drug-likeness (QED) is 0.132. The number of hydrogen-bond acceptors (Lipinski definition) is 8. The highest BCUT2D eigenvalue weighted by Gasteiger charge is 2.48. The maximum atomic E-state index is 13.3. The summed E-state index contributed by atoms with van der Waals surface area (Å²) in [6, 6.07) is 14.7. The van der Waals surface area contributed by atoms with E-state index in [-0.39, 0.29) is 27.9 Å². The van der Waals surface area contributed by atoms with Crippen molar-refractivity contribution in [3.8, 4) is 5.75 Å². The van der Waals surface area contributed by atoms with E-state index in [1.807, 2.05) is 6.07 Å². The predicted octanol–water partition coefficient (Wildman–Crippen LogP) is 5.43. The second-order valence-corrected chi connectivity index (χ2v) is 9.42. The molecule has 1 fully saturated rings. The Balaban J connectivity index is 1.78. The Morgan fingerprint density at radius 3 is 2.43 bits per heavy atom. The number of benzene rings is 2. The van der Waals surface area contributed by atoms with Crippen molar-refractivity contribution in [2.75, 3.05) is 18.1 Å². The zero-order valence-electron chi connectivity index (χ0n) is 20.9. The van der Waals surface area contributed by atoms with Crippen LogP contribution in [0.25, 0.3) is 5.76 Å². The number of esters is 1. The lowest BCUT2D eigenvalue weighted by atomic mass is 9.95. The lowest BCUT2D eigenvalue weighted by Crippen LogP contribution is -2.29. The van der Waals surface area contributed by atoms with Gasteiger partial charge in [-0.1, -0.05) is 55.0 Å². The van der Waals surface area contributed by atoms with Gasteiger partial charge in [-0.3, -0.25) is 14.5 Å². The fourth-order valence-corrected chi connectivity index (χ4v) is 5.04. The Hall–Kier alpha value is -3.98. The van der Waals surface area contributed by atoms with E-state index in [0.29, 0.717) is 29.2 Å². The molecule has 1 unspecified atom stereocenters. The first-order chi connectivity index (χ1) is 17.9. The molecule has 0 bridgehead atoms. The number of carbonyl (C=O) groups excluding carboxylic acids is 3. The molecule has 1 saturated heterocycles. The summed E-state index contributed by atoms with van der Waals surface area (Å²) in [7, 11) is 0. The van der Waals surface area contributed by atoms with Gasteiger partial charge in [0.05, 0.1) is 30.5 Å². The molecule has 4 rings (SSSR count). The van der Waals surface area contributed by atoms with Gasteiger partial charge in [0.1, 0.15) is 16.4 Å². The lowest BCUT2D eigenvalue weighted by Gasteiger charge is -2.23. The topological polar surface area (TPSA) is 106 Å². The van der Waals surface area contributed by atoms with Crippen LogP contribution in [0.2, 0.25) is 0 Å². The normalized spacial score (nSPS) is 16.7. The van der Waals surface area contributed by atoms with Crippen molar-refractivity contribution in [2.24, 2.45) is 0 Å². The van der Waals surface area contributed by atoms with Gasteiger partial charge in [-0.2, -0.15) is 0 Å². The summed E-state index contributed by atoms with van der Waals surface area (Å²) >= 11 is 0.976. The van der Waals surface area contributed by atoms with E-state index < -0.39 is 23.7 Å². The molecule has 1 amide bonds. The molecular weight excluding hydrogens is 492 g/mol. The molecule has 2 aromatic carbocycles. The monoisotopic (exact) mass is 520 g/mol. The Morgan fingerprint density at radius 1 is 1.08 bits per heavy atom. The average Bonchev–Trinajstić information content (AvgIpc) is 3.41. The minimum atomic E-state index is -0.928. The minimum absolute atomic E-state index is 0.0543. The Labute approximate surface area is 219 Å². The number of carbonyl (C=O) groups is 3. The van der Waals surface area contributed by atoms with Crippen LogP contribution in [0.3, 0.4) is 0 Å². The summed E-state index contributed by atoms with van der Waals surface area (Å²) in [6.45, 7) is 6.20. The maximum Gasteiger partial charge on any atom is 0.350 e. The highest BCUT2D eigenvalue weighted by molar-refractivity contribution is 7.17. The SMILES string of the molecule is CCCCOc1ccc(/C(O)=C2/C(=O)C(=O)N(c3nc(C)c(C(=O)OCC)s3)C2c2ccccc2)cc1. The predicted molar refractivity (Wildman–Crippen MR) is 141 cm³/mol. The minimum Gasteiger partial charge on any atom is -0.507 e. The Morgan fingerprint density at radius 2 is 1.78 bits per heavy atom. The number of hydrogen-bond donors (Lipinski definition) is 1. The molecule has 0 spiro atoms. The summed E-state index contributed by atoms with van der Waals surface area (Å²) < 4.78 is 10.8. The van der Waals surface area contributed by atoms with Gasteiger partial charge in [-0.25, -0.2) is 9.78 Å². The fraction of sp³-hybridized carbons (Fsp3) is 0.286.